The number of anilines is 1. The molecule has 0 radical (unpaired) electrons. The molecule has 1 aromatic heterocycles. The number of hydrogen-bond acceptors (Lipinski definition) is 4. The zero-order valence-electron chi connectivity index (χ0n) is 10.9. The summed E-state index contributed by atoms with van der Waals surface area (Å²) < 4.78 is 6.60. The summed E-state index contributed by atoms with van der Waals surface area (Å²) in [7, 11) is 0. The van der Waals surface area contributed by atoms with E-state index in [9.17, 15) is 0 Å². The van der Waals surface area contributed by atoms with Crippen LogP contribution in [-0.4, -0.2) is 11.6 Å². The number of ether oxygens (including phenoxy) is 1. The van der Waals surface area contributed by atoms with Crippen molar-refractivity contribution in [2.75, 3.05) is 12.3 Å². The first-order valence-corrected chi connectivity index (χ1v) is 7.45. The molecule has 5 heteroatoms. The summed E-state index contributed by atoms with van der Waals surface area (Å²) in [6, 6.07) is 11.5. The van der Waals surface area contributed by atoms with Gasteiger partial charge in [0.15, 0.2) is 0 Å². The van der Waals surface area contributed by atoms with E-state index in [4.69, 9.17) is 22.1 Å². The molecule has 0 fully saturated rings. The average Bonchev–Trinajstić information content (AvgIpc) is 2.85. The van der Waals surface area contributed by atoms with Crippen LogP contribution in [-0.2, 0) is 0 Å². The van der Waals surface area contributed by atoms with Gasteiger partial charge in [-0.2, -0.15) is 0 Å². The number of benzene rings is 2. The van der Waals surface area contributed by atoms with Crippen LogP contribution < -0.4 is 10.5 Å². The van der Waals surface area contributed by atoms with Crippen LogP contribution in [0.15, 0.2) is 36.4 Å². The third-order valence-electron chi connectivity index (χ3n) is 2.92. The molecule has 0 unspecified atom stereocenters. The summed E-state index contributed by atoms with van der Waals surface area (Å²) in [5.74, 6) is 0.866. The van der Waals surface area contributed by atoms with E-state index in [2.05, 4.69) is 4.98 Å². The van der Waals surface area contributed by atoms with Crippen LogP contribution in [0, 0.1) is 0 Å². The fourth-order valence-corrected chi connectivity index (χ4v) is 3.12. The Hall–Kier alpha value is -1.78. The zero-order valence-corrected chi connectivity index (χ0v) is 12.5. The minimum atomic E-state index is 0.553. The van der Waals surface area contributed by atoms with Gasteiger partial charge in [-0.05, 0) is 43.3 Å². The number of thiazole rings is 1. The molecule has 0 spiro atoms. The molecule has 102 valence electrons. The van der Waals surface area contributed by atoms with Crippen LogP contribution >= 0.6 is 22.9 Å². The Kier molecular flexibility index (Phi) is 3.51. The second-order valence-electron chi connectivity index (χ2n) is 4.32. The van der Waals surface area contributed by atoms with Crippen molar-refractivity contribution >= 4 is 38.8 Å². The van der Waals surface area contributed by atoms with Crippen molar-refractivity contribution < 1.29 is 4.74 Å². The summed E-state index contributed by atoms with van der Waals surface area (Å²) in [5.41, 5.74) is 8.24. The minimum Gasteiger partial charge on any atom is -0.494 e. The van der Waals surface area contributed by atoms with E-state index < -0.39 is 0 Å². The largest absolute Gasteiger partial charge is 0.494 e. The molecule has 0 amide bonds. The first-order valence-electron chi connectivity index (χ1n) is 6.26. The van der Waals surface area contributed by atoms with Crippen molar-refractivity contribution in [3.05, 3.63) is 41.4 Å². The van der Waals surface area contributed by atoms with Crippen molar-refractivity contribution in [3.8, 4) is 16.3 Å². The standard InChI is InChI=1S/C15H13ClN2OS/c1-2-19-10-4-6-13-14(8-10)20-15(18-13)9-3-5-12(17)11(16)7-9/h3-8H,2,17H2,1H3. The van der Waals surface area contributed by atoms with Gasteiger partial charge in [0.2, 0.25) is 0 Å². The second kappa shape index (κ2) is 5.31. The van der Waals surface area contributed by atoms with Gasteiger partial charge in [-0.1, -0.05) is 11.6 Å². The van der Waals surface area contributed by atoms with Gasteiger partial charge in [0, 0.05) is 5.56 Å². The molecule has 2 aromatic carbocycles. The Morgan fingerprint density at radius 2 is 2.10 bits per heavy atom. The van der Waals surface area contributed by atoms with Crippen molar-refractivity contribution in [3.63, 3.8) is 0 Å². The van der Waals surface area contributed by atoms with Gasteiger partial charge in [0.1, 0.15) is 10.8 Å². The lowest BCUT2D eigenvalue weighted by Gasteiger charge is -2.00. The summed E-state index contributed by atoms with van der Waals surface area (Å²) in [5, 5.41) is 1.48. The monoisotopic (exact) mass is 304 g/mol. The van der Waals surface area contributed by atoms with E-state index >= 15 is 0 Å². The fraction of sp³-hybridized carbons (Fsp3) is 0.133. The smallest absolute Gasteiger partial charge is 0.124 e. The maximum atomic E-state index is 6.06. The molecular formula is C15H13ClN2OS. The number of hydrogen-bond donors (Lipinski definition) is 1. The van der Waals surface area contributed by atoms with Gasteiger partial charge in [-0.25, -0.2) is 4.98 Å². The van der Waals surface area contributed by atoms with Crippen LogP contribution in [0.4, 0.5) is 5.69 Å². The van der Waals surface area contributed by atoms with E-state index in [1.54, 1.807) is 17.4 Å². The highest BCUT2D eigenvalue weighted by Gasteiger charge is 2.08. The molecule has 1 heterocycles. The third-order valence-corrected chi connectivity index (χ3v) is 4.31. The molecule has 0 saturated heterocycles. The minimum absolute atomic E-state index is 0.553. The summed E-state index contributed by atoms with van der Waals surface area (Å²) in [6.07, 6.45) is 0. The number of nitrogens with two attached hydrogens (primary N) is 1. The molecule has 0 atom stereocenters. The molecule has 0 bridgehead atoms. The lowest BCUT2D eigenvalue weighted by atomic mass is 10.2. The predicted octanol–water partition coefficient (Wildman–Crippen LogP) is 4.60. The van der Waals surface area contributed by atoms with Crippen molar-refractivity contribution in [2.45, 2.75) is 6.92 Å². The number of halogens is 1. The Bertz CT molecular complexity index is 770. The molecule has 20 heavy (non-hydrogen) atoms. The van der Waals surface area contributed by atoms with Gasteiger partial charge >= 0.3 is 0 Å². The molecule has 3 aromatic rings. The van der Waals surface area contributed by atoms with Gasteiger partial charge < -0.3 is 10.5 Å². The van der Waals surface area contributed by atoms with Crippen LogP contribution in [0.1, 0.15) is 6.92 Å². The molecule has 0 aliphatic rings. The zero-order chi connectivity index (χ0) is 14.1. The number of rotatable bonds is 3. The first-order chi connectivity index (χ1) is 9.67. The van der Waals surface area contributed by atoms with E-state index in [0.29, 0.717) is 17.3 Å². The SMILES string of the molecule is CCOc1ccc2nc(-c3ccc(N)c(Cl)c3)sc2c1. The van der Waals surface area contributed by atoms with Crippen LogP contribution in [0.25, 0.3) is 20.8 Å². The molecule has 3 nitrogen and oxygen atoms in total. The lowest BCUT2D eigenvalue weighted by Crippen LogP contribution is -1.89. The highest BCUT2D eigenvalue weighted by molar-refractivity contribution is 7.21. The van der Waals surface area contributed by atoms with Crippen molar-refractivity contribution in [1.82, 2.24) is 4.98 Å². The van der Waals surface area contributed by atoms with Crippen molar-refractivity contribution in [1.29, 1.82) is 0 Å². The van der Waals surface area contributed by atoms with Gasteiger partial charge in [-0.15, -0.1) is 11.3 Å². The van der Waals surface area contributed by atoms with E-state index in [-0.39, 0.29) is 0 Å². The number of fused-ring (bicyclic) bond motifs is 1. The number of nitrogens with zero attached hydrogens (tertiary/aromatic N) is 1. The number of aromatic nitrogens is 1. The first kappa shape index (κ1) is 13.2. The quantitative estimate of drug-likeness (QED) is 0.719. The molecule has 3 rings (SSSR count). The van der Waals surface area contributed by atoms with Gasteiger partial charge in [0.25, 0.3) is 0 Å². The van der Waals surface area contributed by atoms with E-state index in [0.717, 1.165) is 26.5 Å². The summed E-state index contributed by atoms with van der Waals surface area (Å²) in [4.78, 5) is 4.62. The molecule has 0 aliphatic carbocycles. The molecule has 2 N–H and O–H groups in total. The maximum absolute atomic E-state index is 6.06. The van der Waals surface area contributed by atoms with Gasteiger partial charge in [-0.3, -0.25) is 0 Å². The average molecular weight is 305 g/mol. The third kappa shape index (κ3) is 2.44. The molecule has 0 aliphatic heterocycles. The van der Waals surface area contributed by atoms with Crippen LogP contribution in [0.2, 0.25) is 5.02 Å². The summed E-state index contributed by atoms with van der Waals surface area (Å²) in [6.45, 7) is 2.63. The Labute approximate surface area is 126 Å². The highest BCUT2D eigenvalue weighted by atomic mass is 35.5. The Balaban J connectivity index is 2.05. The normalized spacial score (nSPS) is 10.9. The van der Waals surface area contributed by atoms with Gasteiger partial charge in [0.05, 0.1) is 27.5 Å². The lowest BCUT2D eigenvalue weighted by molar-refractivity contribution is 0.341. The number of nitrogen functional groups attached to an aromatic ring is 1. The maximum Gasteiger partial charge on any atom is 0.124 e. The van der Waals surface area contributed by atoms with E-state index in [1.165, 1.54) is 0 Å². The van der Waals surface area contributed by atoms with Crippen LogP contribution in [0.3, 0.4) is 0 Å². The second-order valence-corrected chi connectivity index (χ2v) is 5.76. The van der Waals surface area contributed by atoms with Crippen LogP contribution in [0.5, 0.6) is 5.75 Å². The fourth-order valence-electron chi connectivity index (χ4n) is 1.95. The highest BCUT2D eigenvalue weighted by Crippen LogP contribution is 2.34. The van der Waals surface area contributed by atoms with Crippen molar-refractivity contribution in [2.24, 2.45) is 0 Å². The molecular weight excluding hydrogens is 292 g/mol. The Morgan fingerprint density at radius 1 is 1.25 bits per heavy atom. The van der Waals surface area contributed by atoms with E-state index in [1.807, 2.05) is 37.3 Å². The Morgan fingerprint density at radius 3 is 2.85 bits per heavy atom. The predicted molar refractivity (Wildman–Crippen MR) is 85.6 cm³/mol. The summed E-state index contributed by atoms with van der Waals surface area (Å²) >= 11 is 7.68. The topological polar surface area (TPSA) is 48.1 Å². The molecule has 0 saturated carbocycles.